The highest BCUT2D eigenvalue weighted by Gasteiger charge is 2.22. The van der Waals surface area contributed by atoms with Gasteiger partial charge in [0.05, 0.1) is 18.7 Å². The fourth-order valence-corrected chi connectivity index (χ4v) is 1.64. The molecule has 1 aromatic rings. The minimum Gasteiger partial charge on any atom is -0.390 e. The van der Waals surface area contributed by atoms with Gasteiger partial charge in [0.2, 0.25) is 5.91 Å². The Balaban J connectivity index is 2.41. The molecule has 0 bridgehead atoms. The van der Waals surface area contributed by atoms with Crippen LogP contribution in [0.5, 0.6) is 0 Å². The molecule has 2 heterocycles. The topological polar surface area (TPSA) is 96.0 Å². The first-order valence-corrected chi connectivity index (χ1v) is 4.71. The van der Waals surface area contributed by atoms with E-state index in [1.807, 2.05) is 0 Å². The number of aromatic nitrogens is 1. The SMILES string of the molecule is O=Cc1ccc(CO)n1C1CC(=O)NN=N1. The maximum atomic E-state index is 11.1. The van der Waals surface area contributed by atoms with E-state index in [0.717, 1.165) is 0 Å². The molecular weight excluding hydrogens is 212 g/mol. The third-order valence-electron chi connectivity index (χ3n) is 2.35. The van der Waals surface area contributed by atoms with Crippen LogP contribution in [0.25, 0.3) is 0 Å². The van der Waals surface area contributed by atoms with Crippen LogP contribution in [0.3, 0.4) is 0 Å². The smallest absolute Gasteiger partial charge is 0.245 e. The van der Waals surface area contributed by atoms with Crippen molar-refractivity contribution in [2.75, 3.05) is 0 Å². The number of carbonyl (C=O) groups is 2. The van der Waals surface area contributed by atoms with Crippen LogP contribution in [0.15, 0.2) is 22.5 Å². The van der Waals surface area contributed by atoms with Gasteiger partial charge in [0.25, 0.3) is 0 Å². The van der Waals surface area contributed by atoms with Crippen molar-refractivity contribution in [2.24, 2.45) is 10.3 Å². The second-order valence-corrected chi connectivity index (χ2v) is 3.33. The predicted octanol–water partition coefficient (Wildman–Crippen LogP) is 0.179. The Kier molecular flexibility index (Phi) is 2.78. The van der Waals surface area contributed by atoms with E-state index in [2.05, 4.69) is 15.8 Å². The summed E-state index contributed by atoms with van der Waals surface area (Å²) >= 11 is 0. The van der Waals surface area contributed by atoms with Gasteiger partial charge in [0, 0.05) is 5.69 Å². The summed E-state index contributed by atoms with van der Waals surface area (Å²) in [5, 5.41) is 16.4. The Labute approximate surface area is 90.8 Å². The van der Waals surface area contributed by atoms with Gasteiger partial charge in [0.1, 0.15) is 0 Å². The minimum absolute atomic E-state index is 0.103. The van der Waals surface area contributed by atoms with E-state index in [-0.39, 0.29) is 18.9 Å². The summed E-state index contributed by atoms with van der Waals surface area (Å²) in [4.78, 5) is 21.9. The number of amides is 1. The molecule has 1 aliphatic rings. The first kappa shape index (κ1) is 10.5. The van der Waals surface area contributed by atoms with Crippen LogP contribution in [-0.4, -0.2) is 21.9 Å². The van der Waals surface area contributed by atoms with Crippen LogP contribution in [0.4, 0.5) is 0 Å². The van der Waals surface area contributed by atoms with Crippen LogP contribution in [0, 0.1) is 0 Å². The van der Waals surface area contributed by atoms with Crippen molar-refractivity contribution in [3.05, 3.63) is 23.5 Å². The summed E-state index contributed by atoms with van der Waals surface area (Å²) in [6, 6.07) is 3.19. The van der Waals surface area contributed by atoms with Crippen LogP contribution in [-0.2, 0) is 11.4 Å². The monoisotopic (exact) mass is 222 g/mol. The van der Waals surface area contributed by atoms with E-state index in [1.54, 1.807) is 12.1 Å². The average molecular weight is 222 g/mol. The fourth-order valence-electron chi connectivity index (χ4n) is 1.64. The molecule has 0 spiro atoms. The third-order valence-corrected chi connectivity index (χ3v) is 2.35. The first-order chi connectivity index (χ1) is 7.76. The summed E-state index contributed by atoms with van der Waals surface area (Å²) in [7, 11) is 0. The summed E-state index contributed by atoms with van der Waals surface area (Å²) < 4.78 is 1.51. The van der Waals surface area contributed by atoms with E-state index < -0.39 is 6.17 Å². The zero-order valence-corrected chi connectivity index (χ0v) is 8.33. The first-order valence-electron chi connectivity index (χ1n) is 4.71. The van der Waals surface area contributed by atoms with E-state index in [9.17, 15) is 9.59 Å². The lowest BCUT2D eigenvalue weighted by Crippen LogP contribution is -2.27. The van der Waals surface area contributed by atoms with Crippen LogP contribution < -0.4 is 5.43 Å². The molecule has 1 aromatic heterocycles. The summed E-state index contributed by atoms with van der Waals surface area (Å²) in [5.41, 5.74) is 3.10. The molecule has 7 nitrogen and oxygen atoms in total. The molecule has 1 unspecified atom stereocenters. The Morgan fingerprint density at radius 1 is 1.62 bits per heavy atom. The maximum Gasteiger partial charge on any atom is 0.245 e. The molecule has 0 aromatic carbocycles. The molecule has 7 heteroatoms. The summed E-state index contributed by atoms with van der Waals surface area (Å²) in [6.45, 7) is -0.221. The molecule has 0 aliphatic carbocycles. The second-order valence-electron chi connectivity index (χ2n) is 3.33. The maximum absolute atomic E-state index is 11.1. The summed E-state index contributed by atoms with van der Waals surface area (Å²) in [5.74, 6) is -0.269. The van der Waals surface area contributed by atoms with Crippen molar-refractivity contribution in [1.82, 2.24) is 9.99 Å². The highest BCUT2D eigenvalue weighted by molar-refractivity contribution is 5.77. The number of aldehydes is 1. The summed E-state index contributed by atoms with van der Waals surface area (Å²) in [6.07, 6.45) is 0.193. The molecule has 84 valence electrons. The van der Waals surface area contributed by atoms with Gasteiger partial charge in [-0.1, -0.05) is 5.22 Å². The van der Waals surface area contributed by atoms with Crippen LogP contribution in [0.1, 0.15) is 28.8 Å². The molecule has 2 rings (SSSR count). The van der Waals surface area contributed by atoms with E-state index in [1.165, 1.54) is 4.57 Å². The number of hydrogen-bond acceptors (Lipinski definition) is 5. The van der Waals surface area contributed by atoms with Gasteiger partial charge in [-0.3, -0.25) is 9.59 Å². The molecule has 0 radical (unpaired) electrons. The zero-order chi connectivity index (χ0) is 11.5. The number of rotatable bonds is 3. The largest absolute Gasteiger partial charge is 0.390 e. The number of hydrogen-bond donors (Lipinski definition) is 2. The van der Waals surface area contributed by atoms with Gasteiger partial charge in [-0.15, -0.1) is 5.11 Å². The lowest BCUT2D eigenvalue weighted by Gasteiger charge is -2.19. The van der Waals surface area contributed by atoms with Crippen molar-refractivity contribution in [2.45, 2.75) is 19.2 Å². The highest BCUT2D eigenvalue weighted by atomic mass is 16.3. The lowest BCUT2D eigenvalue weighted by atomic mass is 10.3. The Morgan fingerprint density at radius 2 is 2.44 bits per heavy atom. The number of nitrogens with one attached hydrogen (secondary N) is 1. The third kappa shape index (κ3) is 1.72. The highest BCUT2D eigenvalue weighted by Crippen LogP contribution is 2.22. The number of carbonyl (C=O) groups excluding carboxylic acids is 2. The molecule has 16 heavy (non-hydrogen) atoms. The Bertz CT molecular complexity index is 452. The van der Waals surface area contributed by atoms with Gasteiger partial charge in [-0.2, -0.15) is 0 Å². The Hall–Kier alpha value is -2.02. The van der Waals surface area contributed by atoms with E-state index in [4.69, 9.17) is 5.11 Å². The van der Waals surface area contributed by atoms with Crippen molar-refractivity contribution in [1.29, 1.82) is 0 Å². The van der Waals surface area contributed by atoms with Gasteiger partial charge >= 0.3 is 0 Å². The number of nitrogens with zero attached hydrogens (tertiary/aromatic N) is 3. The van der Waals surface area contributed by atoms with Crippen molar-refractivity contribution >= 4 is 12.2 Å². The van der Waals surface area contributed by atoms with Crippen molar-refractivity contribution in [3.8, 4) is 0 Å². The van der Waals surface area contributed by atoms with E-state index in [0.29, 0.717) is 17.7 Å². The minimum atomic E-state index is -0.564. The lowest BCUT2D eigenvalue weighted by molar-refractivity contribution is -0.123. The predicted molar refractivity (Wildman–Crippen MR) is 52.4 cm³/mol. The molecule has 1 aliphatic heterocycles. The van der Waals surface area contributed by atoms with Gasteiger partial charge in [-0.05, 0) is 12.1 Å². The number of aliphatic hydroxyl groups is 1. The molecule has 1 atom stereocenters. The van der Waals surface area contributed by atoms with Crippen molar-refractivity contribution < 1.29 is 14.7 Å². The molecular formula is C9H10N4O3. The molecule has 0 saturated carbocycles. The molecule has 2 N–H and O–H groups in total. The zero-order valence-electron chi connectivity index (χ0n) is 8.33. The Morgan fingerprint density at radius 3 is 3.06 bits per heavy atom. The van der Waals surface area contributed by atoms with E-state index >= 15 is 0 Å². The fraction of sp³-hybridized carbons (Fsp3) is 0.333. The average Bonchev–Trinajstić information content (AvgIpc) is 2.71. The van der Waals surface area contributed by atoms with Crippen LogP contribution >= 0.6 is 0 Å². The normalized spacial score (nSPS) is 19.6. The van der Waals surface area contributed by atoms with Gasteiger partial charge in [0.15, 0.2) is 12.5 Å². The molecule has 1 amide bonds. The van der Waals surface area contributed by atoms with Gasteiger partial charge < -0.3 is 9.67 Å². The number of aliphatic hydroxyl groups excluding tert-OH is 1. The second kappa shape index (κ2) is 4.23. The van der Waals surface area contributed by atoms with Crippen LogP contribution in [0.2, 0.25) is 0 Å². The quantitative estimate of drug-likeness (QED) is 0.714. The molecule has 0 saturated heterocycles. The standard InChI is InChI=1S/C9H10N4O3/c14-4-6-1-2-7(5-15)13(6)8-3-9(16)11-12-10-8/h1-2,4,8,15H,3,5H2,(H,10,11,16). The molecule has 0 fully saturated rings. The van der Waals surface area contributed by atoms with Gasteiger partial charge in [-0.25, -0.2) is 5.43 Å². The van der Waals surface area contributed by atoms with Crippen molar-refractivity contribution in [3.63, 3.8) is 0 Å².